The molecule has 0 amide bonds. The van der Waals surface area contributed by atoms with E-state index >= 15 is 0 Å². The van der Waals surface area contributed by atoms with Crippen LogP contribution in [0.15, 0.2) is 46.6 Å². The number of nitrogens with two attached hydrogens (primary N) is 1. The van der Waals surface area contributed by atoms with E-state index in [2.05, 4.69) is 16.1 Å². The van der Waals surface area contributed by atoms with Crippen molar-refractivity contribution < 1.29 is 0 Å². The van der Waals surface area contributed by atoms with E-state index in [9.17, 15) is 0 Å². The predicted octanol–water partition coefficient (Wildman–Crippen LogP) is 3.01. The minimum atomic E-state index is 0.780. The minimum Gasteiger partial charge on any atom is -0.398 e. The van der Waals surface area contributed by atoms with Gasteiger partial charge in [-0.2, -0.15) is 5.10 Å². The van der Waals surface area contributed by atoms with E-state index in [1.165, 1.54) is 0 Å². The molecule has 2 heterocycles. The number of benzene rings is 1. The zero-order valence-corrected chi connectivity index (χ0v) is 11.6. The van der Waals surface area contributed by atoms with Crippen LogP contribution in [0, 0.1) is 6.92 Å². The molecule has 0 atom stereocenters. The lowest BCUT2D eigenvalue weighted by molar-refractivity contribution is 0.692. The standard InChI is InChI=1S/C14H14N4S/c1-9-7-14(18(2)17-9)19-13-4-3-12(15)10-5-6-16-8-11(10)13/h3-8H,15H2,1-2H3. The Labute approximate surface area is 115 Å². The summed E-state index contributed by atoms with van der Waals surface area (Å²) in [5.41, 5.74) is 7.79. The first-order valence-corrected chi connectivity index (χ1v) is 6.77. The van der Waals surface area contributed by atoms with Crippen LogP contribution in [0.1, 0.15) is 5.69 Å². The van der Waals surface area contributed by atoms with Gasteiger partial charge in [-0.3, -0.25) is 9.67 Å². The molecule has 0 saturated heterocycles. The zero-order valence-electron chi connectivity index (χ0n) is 10.8. The molecule has 4 nitrogen and oxygen atoms in total. The van der Waals surface area contributed by atoms with Gasteiger partial charge in [-0.15, -0.1) is 0 Å². The Kier molecular flexibility index (Phi) is 2.91. The molecule has 0 saturated carbocycles. The van der Waals surface area contributed by atoms with Gasteiger partial charge in [0.25, 0.3) is 0 Å². The van der Waals surface area contributed by atoms with Crippen molar-refractivity contribution in [2.24, 2.45) is 7.05 Å². The predicted molar refractivity (Wildman–Crippen MR) is 78.2 cm³/mol. The molecule has 0 unspecified atom stereocenters. The maximum Gasteiger partial charge on any atom is 0.0987 e. The molecule has 96 valence electrons. The van der Waals surface area contributed by atoms with Gasteiger partial charge < -0.3 is 5.73 Å². The summed E-state index contributed by atoms with van der Waals surface area (Å²) in [6, 6.07) is 7.99. The monoisotopic (exact) mass is 270 g/mol. The lowest BCUT2D eigenvalue weighted by Crippen LogP contribution is -1.93. The fraction of sp³-hybridized carbons (Fsp3) is 0.143. The lowest BCUT2D eigenvalue weighted by Gasteiger charge is -2.08. The van der Waals surface area contributed by atoms with Crippen LogP contribution < -0.4 is 5.73 Å². The second kappa shape index (κ2) is 4.59. The molecular weight excluding hydrogens is 256 g/mol. The van der Waals surface area contributed by atoms with Gasteiger partial charge in [0, 0.05) is 40.8 Å². The molecule has 0 fully saturated rings. The molecule has 2 aromatic heterocycles. The minimum absolute atomic E-state index is 0.780. The van der Waals surface area contributed by atoms with Crippen molar-refractivity contribution in [1.82, 2.24) is 14.8 Å². The first-order chi connectivity index (χ1) is 9.15. The number of pyridine rings is 1. The molecule has 5 heteroatoms. The molecule has 0 aliphatic rings. The highest BCUT2D eigenvalue weighted by Crippen LogP contribution is 2.35. The summed E-state index contributed by atoms with van der Waals surface area (Å²) in [5.74, 6) is 0. The Morgan fingerprint density at radius 3 is 2.79 bits per heavy atom. The highest BCUT2D eigenvalue weighted by atomic mass is 32.2. The fourth-order valence-electron chi connectivity index (χ4n) is 2.07. The van der Waals surface area contributed by atoms with Gasteiger partial charge in [0.05, 0.1) is 10.7 Å². The zero-order chi connectivity index (χ0) is 13.4. The van der Waals surface area contributed by atoms with Crippen LogP contribution in [-0.2, 0) is 7.05 Å². The van der Waals surface area contributed by atoms with Crippen molar-refractivity contribution in [3.8, 4) is 0 Å². The number of nitrogen functional groups attached to an aromatic ring is 1. The van der Waals surface area contributed by atoms with Crippen molar-refractivity contribution >= 4 is 28.2 Å². The third-order valence-corrected chi connectivity index (χ3v) is 4.15. The fourth-order valence-corrected chi connectivity index (χ4v) is 3.11. The smallest absolute Gasteiger partial charge is 0.0987 e. The van der Waals surface area contributed by atoms with Crippen LogP contribution in [0.2, 0.25) is 0 Å². The van der Waals surface area contributed by atoms with Crippen LogP contribution in [0.5, 0.6) is 0 Å². The van der Waals surface area contributed by atoms with Gasteiger partial charge in [0.15, 0.2) is 0 Å². The van der Waals surface area contributed by atoms with E-state index in [1.54, 1.807) is 18.0 Å². The summed E-state index contributed by atoms with van der Waals surface area (Å²) < 4.78 is 1.89. The van der Waals surface area contributed by atoms with E-state index < -0.39 is 0 Å². The number of aryl methyl sites for hydroxylation is 2. The molecule has 19 heavy (non-hydrogen) atoms. The Morgan fingerprint density at radius 2 is 2.05 bits per heavy atom. The van der Waals surface area contributed by atoms with E-state index in [0.29, 0.717) is 0 Å². The molecule has 0 spiro atoms. The second-order valence-corrected chi connectivity index (χ2v) is 5.49. The normalized spacial score (nSPS) is 11.1. The number of hydrogen-bond donors (Lipinski definition) is 1. The number of aromatic nitrogens is 3. The van der Waals surface area contributed by atoms with E-state index in [0.717, 1.165) is 32.1 Å². The molecule has 0 bridgehead atoms. The number of rotatable bonds is 2. The number of hydrogen-bond acceptors (Lipinski definition) is 4. The summed E-state index contributed by atoms with van der Waals surface area (Å²) in [6.07, 6.45) is 3.62. The molecule has 1 aromatic carbocycles. The summed E-state index contributed by atoms with van der Waals surface area (Å²) in [4.78, 5) is 5.33. The van der Waals surface area contributed by atoms with Crippen molar-refractivity contribution in [2.45, 2.75) is 16.8 Å². The van der Waals surface area contributed by atoms with Crippen LogP contribution in [0.4, 0.5) is 5.69 Å². The Morgan fingerprint density at radius 1 is 1.21 bits per heavy atom. The highest BCUT2D eigenvalue weighted by Gasteiger charge is 2.09. The quantitative estimate of drug-likeness (QED) is 0.727. The third kappa shape index (κ3) is 2.17. The topological polar surface area (TPSA) is 56.7 Å². The van der Waals surface area contributed by atoms with Crippen LogP contribution in [0.3, 0.4) is 0 Å². The van der Waals surface area contributed by atoms with E-state index in [4.69, 9.17) is 5.73 Å². The third-order valence-electron chi connectivity index (χ3n) is 2.99. The number of anilines is 1. The SMILES string of the molecule is Cc1cc(Sc2ccc(N)c3ccncc23)n(C)n1. The summed E-state index contributed by atoms with van der Waals surface area (Å²) >= 11 is 1.68. The van der Waals surface area contributed by atoms with Gasteiger partial charge in [0.2, 0.25) is 0 Å². The van der Waals surface area contributed by atoms with Gasteiger partial charge in [-0.1, -0.05) is 11.8 Å². The van der Waals surface area contributed by atoms with Crippen LogP contribution in [-0.4, -0.2) is 14.8 Å². The van der Waals surface area contributed by atoms with Crippen molar-refractivity contribution in [2.75, 3.05) is 5.73 Å². The van der Waals surface area contributed by atoms with Gasteiger partial charge in [-0.25, -0.2) is 0 Å². The molecule has 0 aliphatic heterocycles. The van der Waals surface area contributed by atoms with E-state index in [-0.39, 0.29) is 0 Å². The molecule has 0 radical (unpaired) electrons. The molecule has 3 aromatic rings. The first-order valence-electron chi connectivity index (χ1n) is 5.96. The van der Waals surface area contributed by atoms with Gasteiger partial charge >= 0.3 is 0 Å². The average Bonchev–Trinajstić information content (AvgIpc) is 2.72. The molecule has 0 aliphatic carbocycles. The Bertz CT molecular complexity index is 748. The lowest BCUT2D eigenvalue weighted by atomic mass is 10.1. The molecular formula is C14H14N4S. The highest BCUT2D eigenvalue weighted by molar-refractivity contribution is 7.99. The van der Waals surface area contributed by atoms with Crippen molar-refractivity contribution in [3.05, 3.63) is 42.4 Å². The summed E-state index contributed by atoms with van der Waals surface area (Å²) in [7, 11) is 1.95. The van der Waals surface area contributed by atoms with Gasteiger partial charge in [0.1, 0.15) is 0 Å². The Balaban J connectivity index is 2.11. The largest absolute Gasteiger partial charge is 0.398 e. The number of fused-ring (bicyclic) bond motifs is 1. The second-order valence-electron chi connectivity index (χ2n) is 4.42. The maximum atomic E-state index is 6.00. The summed E-state index contributed by atoms with van der Waals surface area (Å²) in [6.45, 7) is 1.99. The average molecular weight is 270 g/mol. The summed E-state index contributed by atoms with van der Waals surface area (Å²) in [5, 5.41) is 7.58. The van der Waals surface area contributed by atoms with Crippen LogP contribution >= 0.6 is 11.8 Å². The van der Waals surface area contributed by atoms with Crippen LogP contribution in [0.25, 0.3) is 10.8 Å². The number of nitrogens with zero attached hydrogens (tertiary/aromatic N) is 3. The Hall–Kier alpha value is -2.01. The van der Waals surface area contributed by atoms with E-state index in [1.807, 2.05) is 43.0 Å². The van der Waals surface area contributed by atoms with Crippen molar-refractivity contribution in [3.63, 3.8) is 0 Å². The first kappa shape index (κ1) is 12.0. The van der Waals surface area contributed by atoms with Gasteiger partial charge in [-0.05, 0) is 31.2 Å². The molecule has 3 rings (SSSR count). The maximum absolute atomic E-state index is 6.00. The van der Waals surface area contributed by atoms with Crippen molar-refractivity contribution in [1.29, 1.82) is 0 Å². The molecule has 2 N–H and O–H groups in total.